The second kappa shape index (κ2) is 8.17. The van der Waals surface area contributed by atoms with Crippen LogP contribution in [-0.2, 0) is 0 Å². The van der Waals surface area contributed by atoms with Crippen molar-refractivity contribution in [1.82, 2.24) is 5.43 Å². The van der Waals surface area contributed by atoms with E-state index < -0.39 is 11.9 Å². The number of nitrogens with one attached hydrogen (secondary N) is 1. The fourth-order valence-corrected chi connectivity index (χ4v) is 3.33. The molecule has 0 radical (unpaired) electrons. The van der Waals surface area contributed by atoms with Gasteiger partial charge in [-0.3, -0.25) is 4.79 Å². The van der Waals surface area contributed by atoms with Gasteiger partial charge in [0.2, 0.25) is 0 Å². The summed E-state index contributed by atoms with van der Waals surface area (Å²) in [5, 5.41) is 14.0. The molecule has 0 saturated carbocycles. The molecule has 2 aromatic heterocycles. The fraction of sp³-hybridized carbons (Fsp3) is 0. The molecule has 0 aliphatic carbocycles. The molecule has 2 N–H and O–H groups in total. The highest BCUT2D eigenvalue weighted by atomic mass is 79.9. The van der Waals surface area contributed by atoms with Gasteiger partial charge in [-0.05, 0) is 54.6 Å². The van der Waals surface area contributed by atoms with Crippen molar-refractivity contribution in [3.05, 3.63) is 81.2 Å². The van der Waals surface area contributed by atoms with Gasteiger partial charge in [0.15, 0.2) is 5.76 Å². The van der Waals surface area contributed by atoms with Crippen LogP contribution >= 0.6 is 27.5 Å². The number of carbonyl (C=O) groups is 2. The summed E-state index contributed by atoms with van der Waals surface area (Å²) in [6, 6.07) is 14.9. The Bertz CT molecular complexity index is 1310. The van der Waals surface area contributed by atoms with Crippen molar-refractivity contribution in [3.63, 3.8) is 0 Å². The van der Waals surface area contributed by atoms with Gasteiger partial charge in [-0.25, -0.2) is 10.2 Å². The molecular formula is C21H12BrClN2O5. The first kappa shape index (κ1) is 19.9. The third-order valence-electron chi connectivity index (χ3n) is 4.17. The van der Waals surface area contributed by atoms with E-state index in [0.29, 0.717) is 22.7 Å². The van der Waals surface area contributed by atoms with Crippen LogP contribution in [0, 0.1) is 0 Å². The lowest BCUT2D eigenvalue weighted by atomic mass is 10.1. The van der Waals surface area contributed by atoms with Gasteiger partial charge in [0, 0.05) is 15.4 Å². The molecule has 9 heteroatoms. The third kappa shape index (κ3) is 4.14. The summed E-state index contributed by atoms with van der Waals surface area (Å²) in [4.78, 5) is 23.4. The molecule has 0 spiro atoms. The highest BCUT2D eigenvalue weighted by Gasteiger charge is 2.13. The zero-order valence-corrected chi connectivity index (χ0v) is 17.4. The van der Waals surface area contributed by atoms with Crippen molar-refractivity contribution in [2.75, 3.05) is 0 Å². The number of aromatic carboxylic acids is 1. The van der Waals surface area contributed by atoms with Gasteiger partial charge in [-0.15, -0.1) is 0 Å². The summed E-state index contributed by atoms with van der Waals surface area (Å²) in [5.41, 5.74) is 3.49. The molecule has 0 unspecified atom stereocenters. The average molecular weight is 488 g/mol. The first-order valence-electron chi connectivity index (χ1n) is 8.56. The van der Waals surface area contributed by atoms with E-state index in [1.807, 2.05) is 12.1 Å². The lowest BCUT2D eigenvalue weighted by Gasteiger charge is -2.01. The van der Waals surface area contributed by atoms with E-state index in [0.717, 1.165) is 9.86 Å². The van der Waals surface area contributed by atoms with Gasteiger partial charge < -0.3 is 13.9 Å². The number of hydrogen-bond acceptors (Lipinski definition) is 5. The molecule has 2 heterocycles. The summed E-state index contributed by atoms with van der Waals surface area (Å²) in [5.74, 6) is -0.705. The summed E-state index contributed by atoms with van der Waals surface area (Å²) in [7, 11) is 0. The van der Waals surface area contributed by atoms with Crippen LogP contribution in [0.1, 0.15) is 26.7 Å². The number of hydrogen-bond donors (Lipinski definition) is 2. The lowest BCUT2D eigenvalue weighted by molar-refractivity contribution is 0.0697. The molecule has 0 aliphatic heterocycles. The van der Waals surface area contributed by atoms with Crippen molar-refractivity contribution in [1.29, 1.82) is 0 Å². The van der Waals surface area contributed by atoms with Crippen molar-refractivity contribution < 1.29 is 23.5 Å². The summed E-state index contributed by atoms with van der Waals surface area (Å²) < 4.78 is 12.0. The second-order valence-corrected chi connectivity index (χ2v) is 7.52. The minimum absolute atomic E-state index is 0.0223. The Morgan fingerprint density at radius 1 is 1.07 bits per heavy atom. The molecule has 0 bridgehead atoms. The molecule has 30 heavy (non-hydrogen) atoms. The highest BCUT2D eigenvalue weighted by molar-refractivity contribution is 9.10. The van der Waals surface area contributed by atoms with Gasteiger partial charge >= 0.3 is 11.9 Å². The Morgan fingerprint density at radius 3 is 2.70 bits per heavy atom. The topological polar surface area (TPSA) is 105 Å². The summed E-state index contributed by atoms with van der Waals surface area (Å²) in [6.07, 6.45) is 1.33. The predicted molar refractivity (Wildman–Crippen MR) is 115 cm³/mol. The van der Waals surface area contributed by atoms with E-state index >= 15 is 0 Å². The van der Waals surface area contributed by atoms with E-state index in [2.05, 4.69) is 26.5 Å². The number of halogens is 2. The number of nitrogens with zero attached hydrogens (tertiary/aromatic N) is 1. The van der Waals surface area contributed by atoms with Gasteiger partial charge in [0.25, 0.3) is 0 Å². The first-order valence-corrected chi connectivity index (χ1v) is 9.73. The summed E-state index contributed by atoms with van der Waals surface area (Å²) >= 11 is 9.25. The number of amides is 1. The molecule has 4 aromatic rings. The number of rotatable bonds is 5. The summed E-state index contributed by atoms with van der Waals surface area (Å²) in [6.45, 7) is 0. The normalized spacial score (nSPS) is 11.3. The maximum atomic E-state index is 12.2. The van der Waals surface area contributed by atoms with Crippen LogP contribution in [0.2, 0.25) is 5.02 Å². The Morgan fingerprint density at radius 2 is 1.90 bits per heavy atom. The Labute approximate surface area is 183 Å². The average Bonchev–Trinajstić information content (AvgIpc) is 3.35. The van der Waals surface area contributed by atoms with Crippen LogP contribution in [0.4, 0.5) is 0 Å². The van der Waals surface area contributed by atoms with E-state index in [1.165, 1.54) is 18.3 Å². The fourth-order valence-electron chi connectivity index (χ4n) is 2.76. The lowest BCUT2D eigenvalue weighted by Crippen LogP contribution is -2.16. The Balaban J connectivity index is 1.46. The number of furan rings is 2. The van der Waals surface area contributed by atoms with E-state index in [4.69, 9.17) is 20.4 Å². The smallest absolute Gasteiger partial charge is 0.337 e. The number of fused-ring (bicyclic) bond motifs is 1. The van der Waals surface area contributed by atoms with E-state index in [9.17, 15) is 14.7 Å². The molecule has 2 aromatic carbocycles. The largest absolute Gasteiger partial charge is 0.478 e. The standard InChI is InChI=1S/C21H12BrClN2O5/c22-13-2-5-18-12(7-13)9-19(30-18)20(26)25-24-10-14-3-6-17(29-14)11-1-4-16(23)15(8-11)21(27)28/h1-10H,(H,25,26)(H,27,28)/b24-10-. The monoisotopic (exact) mass is 486 g/mol. The minimum Gasteiger partial charge on any atom is -0.478 e. The molecule has 1 amide bonds. The molecule has 4 rings (SSSR count). The van der Waals surface area contributed by atoms with Gasteiger partial charge in [0.05, 0.1) is 16.8 Å². The molecule has 150 valence electrons. The number of carbonyl (C=O) groups excluding carboxylic acids is 1. The van der Waals surface area contributed by atoms with Gasteiger partial charge in [0.1, 0.15) is 17.1 Å². The maximum absolute atomic E-state index is 12.2. The quantitative estimate of drug-likeness (QED) is 0.283. The van der Waals surface area contributed by atoms with E-state index in [1.54, 1.807) is 30.3 Å². The van der Waals surface area contributed by atoms with Crippen molar-refractivity contribution in [2.45, 2.75) is 0 Å². The molecule has 0 atom stereocenters. The van der Waals surface area contributed by atoms with E-state index in [-0.39, 0.29) is 16.3 Å². The number of benzene rings is 2. The van der Waals surface area contributed by atoms with Crippen LogP contribution < -0.4 is 5.43 Å². The predicted octanol–water partition coefficient (Wildman–Crippen LogP) is 5.57. The molecular weight excluding hydrogens is 476 g/mol. The van der Waals surface area contributed by atoms with Crippen molar-refractivity contribution in [3.8, 4) is 11.3 Å². The SMILES string of the molecule is O=C(N/N=C\c1ccc(-c2ccc(Cl)c(C(=O)O)c2)o1)c1cc2cc(Br)ccc2o1. The zero-order chi connectivity index (χ0) is 21.3. The van der Waals surface area contributed by atoms with Crippen LogP contribution in [-0.4, -0.2) is 23.2 Å². The molecule has 0 fully saturated rings. The zero-order valence-electron chi connectivity index (χ0n) is 15.1. The number of carboxylic acids is 1. The molecule has 7 nitrogen and oxygen atoms in total. The maximum Gasteiger partial charge on any atom is 0.337 e. The van der Waals surface area contributed by atoms with Crippen LogP contribution in [0.5, 0.6) is 0 Å². The van der Waals surface area contributed by atoms with Crippen molar-refractivity contribution >= 4 is 56.6 Å². The highest BCUT2D eigenvalue weighted by Crippen LogP contribution is 2.27. The first-order chi connectivity index (χ1) is 14.4. The van der Waals surface area contributed by atoms with Crippen LogP contribution in [0.25, 0.3) is 22.3 Å². The van der Waals surface area contributed by atoms with Crippen LogP contribution in [0.15, 0.2) is 73.0 Å². The van der Waals surface area contributed by atoms with Crippen LogP contribution in [0.3, 0.4) is 0 Å². The molecule has 0 aliphatic rings. The Hall–Kier alpha value is -3.36. The minimum atomic E-state index is -1.13. The van der Waals surface area contributed by atoms with Crippen molar-refractivity contribution in [2.24, 2.45) is 5.10 Å². The molecule has 0 saturated heterocycles. The second-order valence-electron chi connectivity index (χ2n) is 6.19. The number of carboxylic acid groups (broad SMARTS) is 1. The number of hydrazone groups is 1. The third-order valence-corrected chi connectivity index (χ3v) is 4.99. The van der Waals surface area contributed by atoms with Gasteiger partial charge in [-0.1, -0.05) is 27.5 Å². The Kier molecular flexibility index (Phi) is 5.43. The van der Waals surface area contributed by atoms with Gasteiger partial charge in [-0.2, -0.15) is 5.10 Å².